The van der Waals surface area contributed by atoms with Crippen LogP contribution < -0.4 is 15.4 Å². The molecule has 2 aromatic carbocycles. The fourth-order valence-electron chi connectivity index (χ4n) is 3.56. The summed E-state index contributed by atoms with van der Waals surface area (Å²) in [7, 11) is 0. The first-order valence-electron chi connectivity index (χ1n) is 11.3. The Labute approximate surface area is 194 Å². The molecule has 0 aliphatic carbocycles. The molecule has 33 heavy (non-hydrogen) atoms. The van der Waals surface area contributed by atoms with E-state index in [1.165, 1.54) is 10.5 Å². The molecule has 1 aliphatic heterocycles. The van der Waals surface area contributed by atoms with E-state index in [2.05, 4.69) is 22.8 Å². The maximum atomic E-state index is 12.8. The minimum Gasteiger partial charge on any atom is -0.493 e. The van der Waals surface area contributed by atoms with Gasteiger partial charge < -0.3 is 25.0 Å². The zero-order valence-corrected chi connectivity index (χ0v) is 18.9. The zero-order valence-electron chi connectivity index (χ0n) is 18.9. The van der Waals surface area contributed by atoms with Crippen LogP contribution in [0.2, 0.25) is 0 Å². The van der Waals surface area contributed by atoms with Crippen LogP contribution in [0.3, 0.4) is 0 Å². The Bertz CT molecular complexity index is 935. The van der Waals surface area contributed by atoms with Crippen LogP contribution in [0.4, 0.5) is 5.69 Å². The van der Waals surface area contributed by atoms with Gasteiger partial charge in [-0.2, -0.15) is 0 Å². The Hall–Kier alpha value is -3.55. The summed E-state index contributed by atoms with van der Waals surface area (Å²) in [6.45, 7) is 3.45. The van der Waals surface area contributed by atoms with Crippen LogP contribution in [0.5, 0.6) is 5.75 Å². The lowest BCUT2D eigenvalue weighted by Gasteiger charge is -2.34. The molecule has 2 aromatic rings. The van der Waals surface area contributed by atoms with Crippen molar-refractivity contribution < 1.29 is 23.9 Å². The van der Waals surface area contributed by atoms with Gasteiger partial charge in [-0.25, -0.2) is 0 Å². The summed E-state index contributed by atoms with van der Waals surface area (Å²) in [5, 5.41) is 5.81. The zero-order chi connectivity index (χ0) is 23.5. The third-order valence-corrected chi connectivity index (χ3v) is 5.26. The Morgan fingerprint density at radius 3 is 2.73 bits per heavy atom. The SMILES string of the molecule is CCCOC(=O)CC1C(=O)NCCN1C(=O)CNc1cccc(OCCc2ccccc2)c1. The van der Waals surface area contributed by atoms with Crippen LogP contribution in [0.1, 0.15) is 25.3 Å². The molecule has 1 unspecified atom stereocenters. The van der Waals surface area contributed by atoms with Gasteiger partial charge in [-0.3, -0.25) is 14.4 Å². The van der Waals surface area contributed by atoms with Crippen LogP contribution in [0.15, 0.2) is 54.6 Å². The van der Waals surface area contributed by atoms with E-state index >= 15 is 0 Å². The van der Waals surface area contributed by atoms with E-state index in [-0.39, 0.29) is 24.8 Å². The number of hydrogen-bond donors (Lipinski definition) is 2. The lowest BCUT2D eigenvalue weighted by molar-refractivity contribution is -0.151. The summed E-state index contributed by atoms with van der Waals surface area (Å²) in [6, 6.07) is 16.7. The minimum atomic E-state index is -0.856. The number of esters is 1. The van der Waals surface area contributed by atoms with E-state index < -0.39 is 12.0 Å². The molecule has 0 bridgehead atoms. The highest BCUT2D eigenvalue weighted by atomic mass is 16.5. The maximum absolute atomic E-state index is 12.8. The predicted octanol–water partition coefficient (Wildman–Crippen LogP) is 2.39. The molecule has 1 aliphatic rings. The van der Waals surface area contributed by atoms with Gasteiger partial charge >= 0.3 is 5.97 Å². The minimum absolute atomic E-state index is 0.00125. The Morgan fingerprint density at radius 1 is 1.12 bits per heavy atom. The van der Waals surface area contributed by atoms with Crippen LogP contribution in [0, 0.1) is 0 Å². The summed E-state index contributed by atoms with van der Waals surface area (Å²) in [5.41, 5.74) is 1.94. The van der Waals surface area contributed by atoms with Crippen molar-refractivity contribution in [2.24, 2.45) is 0 Å². The number of piperazine rings is 1. The summed E-state index contributed by atoms with van der Waals surface area (Å²) in [4.78, 5) is 38.6. The highest BCUT2D eigenvalue weighted by Gasteiger charge is 2.34. The molecule has 2 amide bonds. The molecule has 0 radical (unpaired) electrons. The molecule has 1 heterocycles. The van der Waals surface area contributed by atoms with Crippen molar-refractivity contribution in [1.82, 2.24) is 10.2 Å². The first-order valence-corrected chi connectivity index (χ1v) is 11.3. The number of carbonyl (C=O) groups is 3. The predicted molar refractivity (Wildman–Crippen MR) is 125 cm³/mol. The molecule has 3 rings (SSSR count). The monoisotopic (exact) mass is 453 g/mol. The normalized spacial score (nSPS) is 15.5. The standard InChI is InChI=1S/C25H31N3O5/c1-2-14-33-24(30)17-22-25(31)26-12-13-28(22)23(29)18-27-20-9-6-10-21(16-20)32-15-11-19-7-4-3-5-8-19/h3-10,16,22,27H,2,11-15,17-18H2,1H3,(H,26,31). The molecule has 0 aromatic heterocycles. The van der Waals surface area contributed by atoms with E-state index in [0.29, 0.717) is 38.5 Å². The molecular weight excluding hydrogens is 422 g/mol. The van der Waals surface area contributed by atoms with Crippen molar-refractivity contribution >= 4 is 23.5 Å². The van der Waals surface area contributed by atoms with Gasteiger partial charge in [0.15, 0.2) is 0 Å². The van der Waals surface area contributed by atoms with Crippen molar-refractivity contribution in [2.75, 3.05) is 38.2 Å². The third-order valence-electron chi connectivity index (χ3n) is 5.26. The van der Waals surface area contributed by atoms with Crippen molar-refractivity contribution in [3.05, 3.63) is 60.2 Å². The number of nitrogens with one attached hydrogen (secondary N) is 2. The molecular formula is C25H31N3O5. The van der Waals surface area contributed by atoms with E-state index in [0.717, 1.165) is 12.1 Å². The van der Waals surface area contributed by atoms with Crippen molar-refractivity contribution in [3.63, 3.8) is 0 Å². The van der Waals surface area contributed by atoms with Gasteiger partial charge in [-0.1, -0.05) is 43.3 Å². The number of hydrogen-bond acceptors (Lipinski definition) is 6. The fourth-order valence-corrected chi connectivity index (χ4v) is 3.56. The number of rotatable bonds is 11. The van der Waals surface area contributed by atoms with Gasteiger partial charge in [0.05, 0.1) is 26.2 Å². The van der Waals surface area contributed by atoms with Gasteiger partial charge in [0.2, 0.25) is 11.8 Å². The fraction of sp³-hybridized carbons (Fsp3) is 0.400. The smallest absolute Gasteiger partial charge is 0.308 e. The molecule has 2 N–H and O–H groups in total. The summed E-state index contributed by atoms with van der Waals surface area (Å²) in [6.07, 6.45) is 1.35. The first kappa shape index (κ1) is 24.1. The summed E-state index contributed by atoms with van der Waals surface area (Å²) in [5.74, 6) is -0.368. The van der Waals surface area contributed by atoms with Gasteiger partial charge in [0, 0.05) is 31.3 Å². The average Bonchev–Trinajstić information content (AvgIpc) is 2.83. The van der Waals surface area contributed by atoms with Crippen LogP contribution in [0.25, 0.3) is 0 Å². The molecule has 8 nitrogen and oxygen atoms in total. The number of nitrogens with zero attached hydrogens (tertiary/aromatic N) is 1. The van der Waals surface area contributed by atoms with Gasteiger partial charge in [-0.05, 0) is 24.1 Å². The number of carbonyl (C=O) groups excluding carboxylic acids is 3. The van der Waals surface area contributed by atoms with Crippen LogP contribution >= 0.6 is 0 Å². The molecule has 0 saturated carbocycles. The average molecular weight is 454 g/mol. The number of anilines is 1. The highest BCUT2D eigenvalue weighted by molar-refractivity contribution is 5.93. The van der Waals surface area contributed by atoms with E-state index in [1.807, 2.05) is 49.4 Å². The van der Waals surface area contributed by atoms with E-state index in [1.54, 1.807) is 0 Å². The van der Waals surface area contributed by atoms with Crippen LogP contribution in [-0.2, 0) is 25.5 Å². The molecule has 1 saturated heterocycles. The van der Waals surface area contributed by atoms with Crippen LogP contribution in [-0.4, -0.2) is 61.6 Å². The number of amides is 2. The maximum Gasteiger partial charge on any atom is 0.308 e. The second kappa shape index (κ2) is 12.5. The lowest BCUT2D eigenvalue weighted by atomic mass is 10.1. The molecule has 1 fully saturated rings. The summed E-state index contributed by atoms with van der Waals surface area (Å²) < 4.78 is 10.9. The summed E-state index contributed by atoms with van der Waals surface area (Å²) >= 11 is 0. The quantitative estimate of drug-likeness (QED) is 0.507. The molecule has 0 spiro atoms. The largest absolute Gasteiger partial charge is 0.493 e. The highest BCUT2D eigenvalue weighted by Crippen LogP contribution is 2.18. The second-order valence-corrected chi connectivity index (χ2v) is 7.78. The third kappa shape index (κ3) is 7.52. The number of ether oxygens (including phenoxy) is 2. The molecule has 176 valence electrons. The topological polar surface area (TPSA) is 97.0 Å². The Balaban J connectivity index is 1.51. The second-order valence-electron chi connectivity index (χ2n) is 7.78. The van der Waals surface area contributed by atoms with Gasteiger partial charge in [0.1, 0.15) is 11.8 Å². The van der Waals surface area contributed by atoms with Crippen molar-refractivity contribution in [3.8, 4) is 5.75 Å². The molecule has 1 atom stereocenters. The van der Waals surface area contributed by atoms with Gasteiger partial charge in [0.25, 0.3) is 0 Å². The first-order chi connectivity index (χ1) is 16.1. The van der Waals surface area contributed by atoms with Crippen molar-refractivity contribution in [1.29, 1.82) is 0 Å². The Kier molecular flexibility index (Phi) is 9.11. The Morgan fingerprint density at radius 2 is 1.94 bits per heavy atom. The van der Waals surface area contributed by atoms with E-state index in [9.17, 15) is 14.4 Å². The van der Waals surface area contributed by atoms with E-state index in [4.69, 9.17) is 9.47 Å². The molecule has 8 heteroatoms. The lowest BCUT2D eigenvalue weighted by Crippen LogP contribution is -2.58. The van der Waals surface area contributed by atoms with Crippen molar-refractivity contribution in [2.45, 2.75) is 32.2 Å². The number of benzene rings is 2. The van der Waals surface area contributed by atoms with Gasteiger partial charge in [-0.15, -0.1) is 0 Å².